The lowest BCUT2D eigenvalue weighted by Crippen LogP contribution is -2.02. The molecule has 0 aliphatic carbocycles. The molecule has 32 heavy (non-hydrogen) atoms. The van der Waals surface area contributed by atoms with Crippen LogP contribution in [0.2, 0.25) is 0 Å². The number of para-hydroxylation sites is 4. The van der Waals surface area contributed by atoms with E-state index in [0.29, 0.717) is 0 Å². The van der Waals surface area contributed by atoms with Crippen LogP contribution >= 0.6 is 0 Å². The Morgan fingerprint density at radius 1 is 0.594 bits per heavy atom. The molecule has 3 aromatic carbocycles. The number of fused-ring (bicyclic) bond motifs is 2. The first kappa shape index (κ1) is 20.5. The number of aryl methyl sites for hydroxylation is 2. The lowest BCUT2D eigenvalue weighted by atomic mass is 10.1. The van der Waals surface area contributed by atoms with Crippen molar-refractivity contribution in [2.24, 2.45) is 0 Å². The molecule has 2 aromatic heterocycles. The van der Waals surface area contributed by atoms with Crippen LogP contribution in [0.4, 0.5) is 0 Å². The molecule has 4 heteroatoms. The Morgan fingerprint density at radius 3 is 1.53 bits per heavy atom. The van der Waals surface area contributed by atoms with Gasteiger partial charge in [0.05, 0.1) is 22.1 Å². The average molecular weight is 423 g/mol. The molecule has 0 saturated heterocycles. The molecule has 5 aromatic rings. The zero-order chi connectivity index (χ0) is 21.9. The van der Waals surface area contributed by atoms with E-state index in [9.17, 15) is 0 Å². The maximum atomic E-state index is 5.02. The summed E-state index contributed by atoms with van der Waals surface area (Å²) >= 11 is 0. The molecule has 5 rings (SSSR count). The fraction of sp³-hybridized carbons (Fsp3) is 0.286. The zero-order valence-electron chi connectivity index (χ0n) is 19.0. The quantitative estimate of drug-likeness (QED) is 0.263. The van der Waals surface area contributed by atoms with Gasteiger partial charge >= 0.3 is 0 Å². The normalized spacial score (nSPS) is 11.6. The number of rotatable bonds is 8. The van der Waals surface area contributed by atoms with E-state index in [1.807, 2.05) is 0 Å². The molecule has 0 saturated carbocycles. The molecular weight excluding hydrogens is 392 g/mol. The van der Waals surface area contributed by atoms with Crippen LogP contribution in [0.5, 0.6) is 0 Å². The van der Waals surface area contributed by atoms with Crippen molar-refractivity contribution in [1.82, 2.24) is 19.1 Å². The van der Waals surface area contributed by atoms with Crippen LogP contribution in [0.25, 0.3) is 44.8 Å². The van der Waals surface area contributed by atoms with E-state index in [1.165, 1.54) is 11.0 Å². The van der Waals surface area contributed by atoms with E-state index < -0.39 is 0 Å². The monoisotopic (exact) mass is 422 g/mol. The van der Waals surface area contributed by atoms with E-state index in [-0.39, 0.29) is 0 Å². The molecule has 0 N–H and O–H groups in total. The van der Waals surface area contributed by atoms with Gasteiger partial charge in [-0.05, 0) is 43.2 Å². The van der Waals surface area contributed by atoms with Gasteiger partial charge in [-0.1, -0.05) is 69.2 Å². The minimum Gasteiger partial charge on any atom is -0.324 e. The van der Waals surface area contributed by atoms with E-state index in [1.54, 1.807) is 0 Å². The summed E-state index contributed by atoms with van der Waals surface area (Å²) in [5.74, 6) is 2.08. The lowest BCUT2D eigenvalue weighted by Gasteiger charge is -2.11. The Balaban J connectivity index is 1.64. The number of benzene rings is 3. The average Bonchev–Trinajstić information content (AvgIpc) is 3.40. The van der Waals surface area contributed by atoms with Crippen LogP contribution in [-0.4, -0.2) is 19.1 Å². The third-order valence-electron chi connectivity index (χ3n) is 6.16. The maximum absolute atomic E-state index is 5.02. The van der Waals surface area contributed by atoms with Gasteiger partial charge in [0, 0.05) is 24.2 Å². The number of nitrogens with zero attached hydrogens (tertiary/aromatic N) is 4. The highest BCUT2D eigenvalue weighted by atomic mass is 15.1. The molecule has 0 fully saturated rings. The van der Waals surface area contributed by atoms with E-state index >= 15 is 0 Å². The SMILES string of the molecule is CCCCn1c(-c2cccc(-c3nc4ccccc4n3CCCC)c2)nc2ccccc21. The van der Waals surface area contributed by atoms with Gasteiger partial charge in [-0.15, -0.1) is 0 Å². The predicted molar refractivity (Wildman–Crippen MR) is 134 cm³/mol. The van der Waals surface area contributed by atoms with Crippen molar-refractivity contribution in [1.29, 1.82) is 0 Å². The lowest BCUT2D eigenvalue weighted by molar-refractivity contribution is 0.650. The highest BCUT2D eigenvalue weighted by molar-refractivity contribution is 5.83. The van der Waals surface area contributed by atoms with Crippen LogP contribution in [0.15, 0.2) is 72.8 Å². The van der Waals surface area contributed by atoms with Crippen LogP contribution in [0.1, 0.15) is 39.5 Å². The van der Waals surface area contributed by atoms with Crippen molar-refractivity contribution in [3.63, 3.8) is 0 Å². The Bertz CT molecular complexity index is 1260. The summed E-state index contributed by atoms with van der Waals surface area (Å²) in [5.41, 5.74) is 6.80. The first-order valence-electron chi connectivity index (χ1n) is 11.8. The number of aromatic nitrogens is 4. The fourth-order valence-corrected chi connectivity index (χ4v) is 4.47. The molecule has 0 radical (unpaired) electrons. The van der Waals surface area contributed by atoms with Gasteiger partial charge in [-0.2, -0.15) is 0 Å². The summed E-state index contributed by atoms with van der Waals surface area (Å²) in [6.45, 7) is 6.43. The predicted octanol–water partition coefficient (Wildman–Crippen LogP) is 7.32. The van der Waals surface area contributed by atoms with Crippen molar-refractivity contribution in [2.75, 3.05) is 0 Å². The minimum atomic E-state index is 0.978. The summed E-state index contributed by atoms with van der Waals surface area (Å²) in [7, 11) is 0. The fourth-order valence-electron chi connectivity index (χ4n) is 4.47. The smallest absolute Gasteiger partial charge is 0.141 e. The third-order valence-corrected chi connectivity index (χ3v) is 6.16. The van der Waals surface area contributed by atoms with Crippen LogP contribution in [-0.2, 0) is 13.1 Å². The molecule has 0 atom stereocenters. The minimum absolute atomic E-state index is 0.978. The highest BCUT2D eigenvalue weighted by Gasteiger charge is 2.16. The van der Waals surface area contributed by atoms with E-state index in [2.05, 4.69) is 95.8 Å². The van der Waals surface area contributed by atoms with Gasteiger partial charge in [0.25, 0.3) is 0 Å². The molecule has 0 aliphatic heterocycles. The highest BCUT2D eigenvalue weighted by Crippen LogP contribution is 2.31. The van der Waals surface area contributed by atoms with E-state index in [0.717, 1.165) is 72.6 Å². The van der Waals surface area contributed by atoms with Crippen molar-refractivity contribution in [3.05, 3.63) is 72.8 Å². The van der Waals surface area contributed by atoms with Gasteiger partial charge in [0.15, 0.2) is 0 Å². The standard InChI is InChI=1S/C28H30N4/c1-3-5-18-31-25-16-9-7-14-23(25)29-27(31)21-12-11-13-22(20-21)28-30-24-15-8-10-17-26(24)32(28)19-6-4-2/h7-17,20H,3-6,18-19H2,1-2H3. The summed E-state index contributed by atoms with van der Waals surface area (Å²) in [6.07, 6.45) is 4.60. The van der Waals surface area contributed by atoms with Gasteiger partial charge in [-0.3, -0.25) is 0 Å². The molecule has 0 spiro atoms. The molecule has 0 unspecified atom stereocenters. The Labute approximate surface area is 189 Å². The maximum Gasteiger partial charge on any atom is 0.141 e. The Hall–Kier alpha value is -3.40. The molecule has 2 heterocycles. The summed E-state index contributed by atoms with van der Waals surface area (Å²) in [6, 6.07) is 25.6. The second-order valence-corrected chi connectivity index (χ2v) is 8.44. The summed E-state index contributed by atoms with van der Waals surface area (Å²) < 4.78 is 4.75. The van der Waals surface area contributed by atoms with E-state index in [4.69, 9.17) is 9.97 Å². The largest absolute Gasteiger partial charge is 0.324 e. The van der Waals surface area contributed by atoms with Crippen LogP contribution < -0.4 is 0 Å². The van der Waals surface area contributed by atoms with Crippen molar-refractivity contribution < 1.29 is 0 Å². The number of imidazole rings is 2. The van der Waals surface area contributed by atoms with Crippen molar-refractivity contribution in [2.45, 2.75) is 52.6 Å². The summed E-state index contributed by atoms with van der Waals surface area (Å²) in [4.78, 5) is 10.0. The van der Waals surface area contributed by atoms with Gasteiger partial charge in [-0.25, -0.2) is 9.97 Å². The molecule has 0 bridgehead atoms. The Kier molecular flexibility index (Phi) is 5.76. The second-order valence-electron chi connectivity index (χ2n) is 8.44. The molecular formula is C28H30N4. The third kappa shape index (κ3) is 3.70. The van der Waals surface area contributed by atoms with Crippen molar-refractivity contribution >= 4 is 22.1 Å². The first-order chi connectivity index (χ1) is 15.8. The van der Waals surface area contributed by atoms with Gasteiger partial charge in [0.2, 0.25) is 0 Å². The zero-order valence-corrected chi connectivity index (χ0v) is 19.0. The Morgan fingerprint density at radius 2 is 1.06 bits per heavy atom. The van der Waals surface area contributed by atoms with Crippen LogP contribution in [0, 0.1) is 0 Å². The summed E-state index contributed by atoms with van der Waals surface area (Å²) in [5, 5.41) is 0. The molecule has 4 nitrogen and oxygen atoms in total. The van der Waals surface area contributed by atoms with Crippen LogP contribution in [0.3, 0.4) is 0 Å². The number of unbranched alkanes of at least 4 members (excludes halogenated alkanes) is 2. The molecule has 0 aliphatic rings. The second kappa shape index (κ2) is 8.99. The topological polar surface area (TPSA) is 35.6 Å². The number of hydrogen-bond acceptors (Lipinski definition) is 2. The van der Waals surface area contributed by atoms with Crippen molar-refractivity contribution in [3.8, 4) is 22.8 Å². The van der Waals surface area contributed by atoms with Gasteiger partial charge in [0.1, 0.15) is 11.6 Å². The molecule has 162 valence electrons. The number of hydrogen-bond donors (Lipinski definition) is 0. The molecule has 0 amide bonds. The van der Waals surface area contributed by atoms with Gasteiger partial charge < -0.3 is 9.13 Å². The first-order valence-corrected chi connectivity index (χ1v) is 11.8.